The van der Waals surface area contributed by atoms with Crippen molar-refractivity contribution < 1.29 is 0 Å². The number of rotatable bonds is 1. The maximum Gasteiger partial charge on any atom is 0.0609 e. The molecule has 2 fully saturated rings. The van der Waals surface area contributed by atoms with E-state index in [-0.39, 0.29) is 0 Å². The zero-order valence-electron chi connectivity index (χ0n) is 4.93. The third-order valence-electron chi connectivity index (χ3n) is 1.97. The molecule has 0 aromatic carbocycles. The molecule has 0 aromatic heterocycles. The van der Waals surface area contributed by atoms with Crippen LogP contribution in [-0.4, -0.2) is 30.7 Å². The monoisotopic (exact) mass is 111 g/mol. The zero-order valence-corrected chi connectivity index (χ0v) is 4.93. The van der Waals surface area contributed by atoms with Crippen LogP contribution in [0.3, 0.4) is 0 Å². The van der Waals surface area contributed by atoms with Gasteiger partial charge >= 0.3 is 0 Å². The summed E-state index contributed by atoms with van der Waals surface area (Å²) in [6.07, 6.45) is 4.40. The fourth-order valence-corrected chi connectivity index (χ4v) is 1.12. The first-order valence-electron chi connectivity index (χ1n) is 3.26. The van der Waals surface area contributed by atoms with Crippen LogP contribution in [0.15, 0.2) is 0 Å². The van der Waals surface area contributed by atoms with Gasteiger partial charge in [0.25, 0.3) is 0 Å². The van der Waals surface area contributed by atoms with Crippen molar-refractivity contribution in [3.05, 3.63) is 6.42 Å². The zero-order chi connectivity index (χ0) is 5.40. The molecule has 2 rings (SSSR count). The van der Waals surface area contributed by atoms with Gasteiger partial charge in [0.1, 0.15) is 0 Å². The van der Waals surface area contributed by atoms with Crippen molar-refractivity contribution in [1.82, 2.24) is 10.2 Å². The van der Waals surface area contributed by atoms with Gasteiger partial charge in [0.2, 0.25) is 0 Å². The molecule has 0 aliphatic carbocycles. The highest BCUT2D eigenvalue weighted by Crippen LogP contribution is 2.14. The summed E-state index contributed by atoms with van der Waals surface area (Å²) < 4.78 is 0. The van der Waals surface area contributed by atoms with Gasteiger partial charge in [0.15, 0.2) is 0 Å². The van der Waals surface area contributed by atoms with Gasteiger partial charge in [-0.05, 0) is 19.4 Å². The molecule has 0 amide bonds. The lowest BCUT2D eigenvalue weighted by molar-refractivity contribution is 0.0879. The molecule has 2 heterocycles. The number of hydrogen-bond acceptors (Lipinski definition) is 2. The van der Waals surface area contributed by atoms with Crippen LogP contribution in [0.4, 0.5) is 0 Å². The lowest BCUT2D eigenvalue weighted by Gasteiger charge is -2.43. The molecule has 2 saturated heterocycles. The highest BCUT2D eigenvalue weighted by Gasteiger charge is 2.27. The minimum atomic E-state index is 0.736. The van der Waals surface area contributed by atoms with Crippen LogP contribution in [0.2, 0.25) is 0 Å². The van der Waals surface area contributed by atoms with E-state index in [0.29, 0.717) is 0 Å². The fraction of sp³-hybridized carbons (Fsp3) is 0.833. The van der Waals surface area contributed by atoms with E-state index in [0.717, 1.165) is 6.17 Å². The molecule has 1 unspecified atom stereocenters. The van der Waals surface area contributed by atoms with Gasteiger partial charge in [-0.1, -0.05) is 0 Å². The van der Waals surface area contributed by atoms with Crippen LogP contribution in [0, 0.1) is 6.42 Å². The summed E-state index contributed by atoms with van der Waals surface area (Å²) in [5.41, 5.74) is 0. The molecular formula is C6H11N2. The number of hydrogen-bond donors (Lipinski definition) is 1. The first kappa shape index (κ1) is 4.77. The SMILES string of the molecule is [CH]1CN(C2CCN2)C1. The van der Waals surface area contributed by atoms with E-state index in [9.17, 15) is 0 Å². The lowest BCUT2D eigenvalue weighted by atomic mass is 10.1. The highest BCUT2D eigenvalue weighted by molar-refractivity contribution is 4.92. The summed E-state index contributed by atoms with van der Waals surface area (Å²) in [5, 5.41) is 3.35. The molecule has 1 N–H and O–H groups in total. The predicted octanol–water partition coefficient (Wildman–Crippen LogP) is -0.174. The van der Waals surface area contributed by atoms with Crippen LogP contribution >= 0.6 is 0 Å². The average Bonchev–Trinajstić information content (AvgIpc) is 1.47. The van der Waals surface area contributed by atoms with Crippen molar-refractivity contribution >= 4 is 0 Å². The minimum absolute atomic E-state index is 0.736. The summed E-state index contributed by atoms with van der Waals surface area (Å²) in [6.45, 7) is 3.64. The van der Waals surface area contributed by atoms with Gasteiger partial charge in [0.05, 0.1) is 6.17 Å². The van der Waals surface area contributed by atoms with Crippen molar-refractivity contribution in [2.75, 3.05) is 19.6 Å². The van der Waals surface area contributed by atoms with E-state index in [1.54, 1.807) is 0 Å². The van der Waals surface area contributed by atoms with Gasteiger partial charge in [-0.25, -0.2) is 0 Å². The summed E-state index contributed by atoms with van der Waals surface area (Å²) >= 11 is 0. The van der Waals surface area contributed by atoms with E-state index in [1.165, 1.54) is 26.1 Å². The standard InChI is InChI=1S/C6H11N2/c1-4-8(5-1)6-2-3-7-6/h1,6-7H,2-5H2. The van der Waals surface area contributed by atoms with Crippen LogP contribution in [0.5, 0.6) is 0 Å². The molecule has 2 nitrogen and oxygen atoms in total. The molecule has 0 spiro atoms. The van der Waals surface area contributed by atoms with Crippen molar-refractivity contribution in [3.63, 3.8) is 0 Å². The molecule has 1 radical (unpaired) electrons. The second-order valence-corrected chi connectivity index (χ2v) is 2.50. The number of nitrogens with one attached hydrogen (secondary N) is 1. The van der Waals surface area contributed by atoms with Crippen molar-refractivity contribution in [1.29, 1.82) is 0 Å². The van der Waals surface area contributed by atoms with Crippen LogP contribution in [0.25, 0.3) is 0 Å². The van der Waals surface area contributed by atoms with Crippen molar-refractivity contribution in [3.8, 4) is 0 Å². The Kier molecular flexibility index (Phi) is 1.02. The fourth-order valence-electron chi connectivity index (χ4n) is 1.12. The van der Waals surface area contributed by atoms with E-state index < -0.39 is 0 Å². The average molecular weight is 111 g/mol. The van der Waals surface area contributed by atoms with Crippen LogP contribution in [-0.2, 0) is 0 Å². The second kappa shape index (κ2) is 1.71. The highest BCUT2D eigenvalue weighted by atomic mass is 15.3. The van der Waals surface area contributed by atoms with E-state index in [2.05, 4.69) is 16.6 Å². The molecular weight excluding hydrogens is 100 g/mol. The quantitative estimate of drug-likeness (QED) is 0.505. The molecule has 1 atom stereocenters. The Labute approximate surface area is 49.9 Å². The Morgan fingerprint density at radius 1 is 1.50 bits per heavy atom. The number of nitrogens with zero attached hydrogens (tertiary/aromatic N) is 1. The largest absolute Gasteiger partial charge is 0.302 e. The van der Waals surface area contributed by atoms with Gasteiger partial charge in [-0.15, -0.1) is 0 Å². The lowest BCUT2D eigenvalue weighted by Crippen LogP contribution is -2.59. The first-order chi connectivity index (χ1) is 3.97. The summed E-state index contributed by atoms with van der Waals surface area (Å²) in [6, 6.07) is 0. The molecule has 2 heteroatoms. The summed E-state index contributed by atoms with van der Waals surface area (Å²) in [7, 11) is 0. The third-order valence-corrected chi connectivity index (χ3v) is 1.97. The molecule has 0 bridgehead atoms. The molecule has 0 saturated carbocycles. The maximum absolute atomic E-state index is 3.35. The molecule has 0 aromatic rings. The Balaban J connectivity index is 1.79. The predicted molar refractivity (Wildman–Crippen MR) is 32.3 cm³/mol. The number of likely N-dealkylation sites (tertiary alicyclic amines) is 1. The second-order valence-electron chi connectivity index (χ2n) is 2.50. The van der Waals surface area contributed by atoms with Gasteiger partial charge in [-0.2, -0.15) is 0 Å². The Bertz CT molecular complexity index is 72.5. The van der Waals surface area contributed by atoms with E-state index in [4.69, 9.17) is 0 Å². The normalized spacial score (nSPS) is 38.2. The molecule has 45 valence electrons. The summed E-state index contributed by atoms with van der Waals surface area (Å²) in [4.78, 5) is 2.45. The van der Waals surface area contributed by atoms with Gasteiger partial charge < -0.3 is 5.32 Å². The topological polar surface area (TPSA) is 15.3 Å². The smallest absolute Gasteiger partial charge is 0.0609 e. The first-order valence-corrected chi connectivity index (χ1v) is 3.26. The van der Waals surface area contributed by atoms with Crippen molar-refractivity contribution in [2.24, 2.45) is 0 Å². The molecule has 8 heavy (non-hydrogen) atoms. The van der Waals surface area contributed by atoms with Gasteiger partial charge in [0, 0.05) is 13.1 Å². The van der Waals surface area contributed by atoms with E-state index >= 15 is 0 Å². The third kappa shape index (κ3) is 0.565. The van der Waals surface area contributed by atoms with Crippen molar-refractivity contribution in [2.45, 2.75) is 12.6 Å². The van der Waals surface area contributed by atoms with Crippen LogP contribution < -0.4 is 5.32 Å². The molecule has 2 aliphatic rings. The maximum atomic E-state index is 3.35. The Morgan fingerprint density at radius 2 is 2.25 bits per heavy atom. The minimum Gasteiger partial charge on any atom is -0.302 e. The Hall–Kier alpha value is -0.0800. The molecule has 2 aliphatic heterocycles. The van der Waals surface area contributed by atoms with Crippen LogP contribution in [0.1, 0.15) is 6.42 Å². The van der Waals surface area contributed by atoms with Gasteiger partial charge in [-0.3, -0.25) is 4.90 Å². The summed E-state index contributed by atoms with van der Waals surface area (Å²) in [5.74, 6) is 0. The Morgan fingerprint density at radius 3 is 2.38 bits per heavy atom. The van der Waals surface area contributed by atoms with E-state index in [1.807, 2.05) is 0 Å².